The average Bonchev–Trinajstić information content (AvgIpc) is 2.54. The van der Waals surface area contributed by atoms with E-state index >= 15 is 0 Å². The molecule has 0 aliphatic carbocycles. The first-order valence-electron chi connectivity index (χ1n) is 7.70. The van der Waals surface area contributed by atoms with Crippen molar-refractivity contribution in [3.05, 3.63) is 29.8 Å². The SMILES string of the molecule is CCCCCCOc1ccc(C(CC(=O)OC)NC=O)cc1. The van der Waals surface area contributed by atoms with Crippen molar-refractivity contribution in [1.29, 1.82) is 0 Å². The van der Waals surface area contributed by atoms with Crippen LogP contribution in [0.1, 0.15) is 50.6 Å². The van der Waals surface area contributed by atoms with Crippen LogP contribution in [-0.4, -0.2) is 26.1 Å². The molecule has 0 spiro atoms. The molecule has 0 heterocycles. The summed E-state index contributed by atoms with van der Waals surface area (Å²) < 4.78 is 10.3. The van der Waals surface area contributed by atoms with Crippen molar-refractivity contribution in [2.24, 2.45) is 0 Å². The van der Waals surface area contributed by atoms with Gasteiger partial charge in [0.1, 0.15) is 5.75 Å². The van der Waals surface area contributed by atoms with Gasteiger partial charge in [-0.3, -0.25) is 9.59 Å². The predicted molar refractivity (Wildman–Crippen MR) is 84.7 cm³/mol. The van der Waals surface area contributed by atoms with Crippen molar-refractivity contribution in [3.8, 4) is 5.75 Å². The molecule has 0 radical (unpaired) electrons. The highest BCUT2D eigenvalue weighted by molar-refractivity contribution is 5.70. The normalized spacial score (nSPS) is 11.5. The molecule has 122 valence electrons. The Morgan fingerprint density at radius 1 is 1.23 bits per heavy atom. The largest absolute Gasteiger partial charge is 0.494 e. The van der Waals surface area contributed by atoms with Crippen LogP contribution in [0.5, 0.6) is 5.75 Å². The number of benzene rings is 1. The molecule has 0 saturated carbocycles. The van der Waals surface area contributed by atoms with Gasteiger partial charge in [-0.2, -0.15) is 0 Å². The van der Waals surface area contributed by atoms with Gasteiger partial charge >= 0.3 is 5.97 Å². The van der Waals surface area contributed by atoms with Gasteiger partial charge in [-0.25, -0.2) is 0 Å². The summed E-state index contributed by atoms with van der Waals surface area (Å²) in [5.74, 6) is 0.429. The van der Waals surface area contributed by atoms with E-state index in [1.807, 2.05) is 24.3 Å². The maximum atomic E-state index is 11.4. The summed E-state index contributed by atoms with van der Waals surface area (Å²) in [5.41, 5.74) is 0.843. The van der Waals surface area contributed by atoms with E-state index in [0.29, 0.717) is 13.0 Å². The van der Waals surface area contributed by atoms with Crippen molar-refractivity contribution in [2.45, 2.75) is 45.1 Å². The van der Waals surface area contributed by atoms with Crippen LogP contribution in [0.15, 0.2) is 24.3 Å². The molecular weight excluding hydrogens is 282 g/mol. The Hall–Kier alpha value is -2.04. The first kappa shape index (κ1) is 18.0. The van der Waals surface area contributed by atoms with E-state index in [2.05, 4.69) is 17.0 Å². The number of nitrogens with one attached hydrogen (secondary N) is 1. The molecule has 0 aromatic heterocycles. The van der Waals surface area contributed by atoms with Crippen molar-refractivity contribution >= 4 is 12.4 Å². The summed E-state index contributed by atoms with van der Waals surface area (Å²) in [6.45, 7) is 2.88. The van der Waals surface area contributed by atoms with Crippen LogP contribution in [0.3, 0.4) is 0 Å². The van der Waals surface area contributed by atoms with Crippen LogP contribution in [0.2, 0.25) is 0 Å². The lowest BCUT2D eigenvalue weighted by Gasteiger charge is -2.15. The maximum Gasteiger partial charge on any atom is 0.307 e. The first-order valence-corrected chi connectivity index (χ1v) is 7.70. The highest BCUT2D eigenvalue weighted by Crippen LogP contribution is 2.20. The number of rotatable bonds is 11. The topological polar surface area (TPSA) is 64.6 Å². The van der Waals surface area contributed by atoms with E-state index in [1.165, 1.54) is 26.4 Å². The fraction of sp³-hybridized carbons (Fsp3) is 0.529. The van der Waals surface area contributed by atoms with E-state index in [9.17, 15) is 9.59 Å². The van der Waals surface area contributed by atoms with Gasteiger partial charge in [-0.05, 0) is 24.1 Å². The summed E-state index contributed by atoms with van der Waals surface area (Å²) in [4.78, 5) is 22.0. The summed E-state index contributed by atoms with van der Waals surface area (Å²) in [7, 11) is 1.33. The molecule has 1 aromatic rings. The molecule has 0 bridgehead atoms. The second-order valence-electron chi connectivity index (χ2n) is 5.10. The third kappa shape index (κ3) is 6.61. The summed E-state index contributed by atoms with van der Waals surface area (Å²) in [6, 6.07) is 7.03. The van der Waals surface area contributed by atoms with Crippen molar-refractivity contribution in [1.82, 2.24) is 5.32 Å². The zero-order valence-electron chi connectivity index (χ0n) is 13.3. The maximum absolute atomic E-state index is 11.4. The molecule has 1 amide bonds. The molecule has 1 aromatic carbocycles. The molecule has 0 aliphatic heterocycles. The lowest BCUT2D eigenvalue weighted by molar-refractivity contribution is -0.141. The van der Waals surface area contributed by atoms with E-state index in [0.717, 1.165) is 17.7 Å². The second kappa shape index (κ2) is 10.7. The Balaban J connectivity index is 2.53. The minimum absolute atomic E-state index is 0.104. The summed E-state index contributed by atoms with van der Waals surface area (Å²) in [6.07, 6.45) is 5.36. The Kier molecular flexibility index (Phi) is 8.72. The molecule has 5 heteroatoms. The zero-order chi connectivity index (χ0) is 16.2. The quantitative estimate of drug-likeness (QED) is 0.388. The van der Waals surface area contributed by atoms with Crippen LogP contribution in [0.4, 0.5) is 0 Å². The van der Waals surface area contributed by atoms with Crippen LogP contribution in [0.25, 0.3) is 0 Å². The van der Waals surface area contributed by atoms with E-state index in [1.54, 1.807) is 0 Å². The third-order valence-electron chi connectivity index (χ3n) is 3.42. The number of hydrogen-bond donors (Lipinski definition) is 1. The number of ether oxygens (including phenoxy) is 2. The fourth-order valence-electron chi connectivity index (χ4n) is 2.12. The highest BCUT2D eigenvalue weighted by Gasteiger charge is 2.15. The van der Waals surface area contributed by atoms with Gasteiger partial charge in [0.25, 0.3) is 0 Å². The molecular formula is C17H25NO4. The van der Waals surface area contributed by atoms with Crippen molar-refractivity contribution in [3.63, 3.8) is 0 Å². The van der Waals surface area contributed by atoms with Gasteiger partial charge in [-0.1, -0.05) is 38.3 Å². The molecule has 0 aliphatic rings. The van der Waals surface area contributed by atoms with E-state index in [4.69, 9.17) is 4.74 Å². The molecule has 5 nitrogen and oxygen atoms in total. The number of amides is 1. The van der Waals surface area contributed by atoms with Gasteiger partial charge < -0.3 is 14.8 Å². The molecule has 1 atom stereocenters. The van der Waals surface area contributed by atoms with Crippen LogP contribution in [0, 0.1) is 0 Å². The lowest BCUT2D eigenvalue weighted by Crippen LogP contribution is -2.23. The minimum atomic E-state index is -0.386. The van der Waals surface area contributed by atoms with E-state index in [-0.39, 0.29) is 18.4 Å². The van der Waals surface area contributed by atoms with Gasteiger partial charge in [0.2, 0.25) is 6.41 Å². The monoisotopic (exact) mass is 307 g/mol. The summed E-state index contributed by atoms with van der Waals surface area (Å²) >= 11 is 0. The number of unbranched alkanes of at least 4 members (excludes halogenated alkanes) is 3. The number of carbonyl (C=O) groups is 2. The molecule has 1 unspecified atom stereocenters. The average molecular weight is 307 g/mol. The van der Waals surface area contributed by atoms with Crippen molar-refractivity contribution in [2.75, 3.05) is 13.7 Å². The molecule has 0 fully saturated rings. The van der Waals surface area contributed by atoms with Gasteiger partial charge in [0, 0.05) is 0 Å². The predicted octanol–water partition coefficient (Wildman–Crippen LogP) is 3.00. The van der Waals surface area contributed by atoms with Gasteiger partial charge in [-0.15, -0.1) is 0 Å². The van der Waals surface area contributed by atoms with Crippen LogP contribution in [-0.2, 0) is 14.3 Å². The molecule has 0 saturated heterocycles. The highest BCUT2D eigenvalue weighted by atomic mass is 16.5. The van der Waals surface area contributed by atoms with Crippen molar-refractivity contribution < 1.29 is 19.1 Å². The second-order valence-corrected chi connectivity index (χ2v) is 5.10. The Morgan fingerprint density at radius 3 is 2.55 bits per heavy atom. The number of carbonyl (C=O) groups excluding carboxylic acids is 2. The van der Waals surface area contributed by atoms with Crippen LogP contribution >= 0.6 is 0 Å². The molecule has 1 N–H and O–H groups in total. The molecule has 22 heavy (non-hydrogen) atoms. The fourth-order valence-corrected chi connectivity index (χ4v) is 2.12. The molecule has 1 rings (SSSR count). The Bertz CT molecular complexity index is 444. The smallest absolute Gasteiger partial charge is 0.307 e. The Labute approximate surface area is 132 Å². The van der Waals surface area contributed by atoms with E-state index < -0.39 is 0 Å². The number of esters is 1. The summed E-state index contributed by atoms with van der Waals surface area (Å²) in [5, 5.41) is 2.63. The first-order chi connectivity index (χ1) is 10.7. The minimum Gasteiger partial charge on any atom is -0.494 e. The van der Waals surface area contributed by atoms with Gasteiger partial charge in [0.15, 0.2) is 0 Å². The lowest BCUT2D eigenvalue weighted by atomic mass is 10.0. The zero-order valence-corrected chi connectivity index (χ0v) is 13.3. The van der Waals surface area contributed by atoms with Gasteiger partial charge in [0.05, 0.1) is 26.2 Å². The number of hydrogen-bond acceptors (Lipinski definition) is 4. The Morgan fingerprint density at radius 2 is 1.95 bits per heavy atom. The standard InChI is InChI=1S/C17H25NO4/c1-3-4-5-6-11-22-15-9-7-14(8-10-15)16(18-13-19)12-17(20)21-2/h7-10,13,16H,3-6,11-12H2,1-2H3,(H,18,19). The van der Waals surface area contributed by atoms with Crippen LogP contribution < -0.4 is 10.1 Å². The third-order valence-corrected chi connectivity index (χ3v) is 3.42. The number of methoxy groups -OCH3 is 1.